The fourth-order valence-electron chi connectivity index (χ4n) is 3.14. The summed E-state index contributed by atoms with van der Waals surface area (Å²) in [6.45, 7) is 6.50. The quantitative estimate of drug-likeness (QED) is 0.911. The number of likely N-dealkylation sites (tertiary alicyclic amines) is 1. The maximum absolute atomic E-state index is 12.4. The van der Waals surface area contributed by atoms with Crippen LogP contribution in [0, 0.1) is 5.92 Å². The average Bonchev–Trinajstić information content (AvgIpc) is 3.00. The first-order valence-corrected chi connectivity index (χ1v) is 8.76. The van der Waals surface area contributed by atoms with E-state index in [9.17, 15) is 9.59 Å². The third kappa shape index (κ3) is 3.02. The summed E-state index contributed by atoms with van der Waals surface area (Å²) in [6.07, 6.45) is 4.78. The Hall–Kier alpha value is -1.43. The second kappa shape index (κ2) is 5.65. The van der Waals surface area contributed by atoms with Crippen molar-refractivity contribution in [3.05, 3.63) is 10.6 Å². The zero-order valence-corrected chi connectivity index (χ0v) is 14.3. The lowest BCUT2D eigenvalue weighted by Gasteiger charge is -2.31. The van der Waals surface area contributed by atoms with Gasteiger partial charge in [-0.2, -0.15) is 0 Å². The van der Waals surface area contributed by atoms with E-state index in [0.29, 0.717) is 18.1 Å². The van der Waals surface area contributed by atoms with Crippen molar-refractivity contribution in [2.24, 2.45) is 5.92 Å². The largest absolute Gasteiger partial charge is 0.337 e. The number of fused-ring (bicyclic) bond motifs is 1. The van der Waals surface area contributed by atoms with Crippen molar-refractivity contribution >= 4 is 28.3 Å². The first-order chi connectivity index (χ1) is 10.3. The van der Waals surface area contributed by atoms with Crippen molar-refractivity contribution in [3.8, 4) is 0 Å². The monoisotopic (exact) mass is 321 g/mol. The number of aromatic nitrogens is 1. The van der Waals surface area contributed by atoms with Crippen LogP contribution in [0.15, 0.2) is 0 Å². The lowest BCUT2D eigenvalue weighted by atomic mass is 10.0. The lowest BCUT2D eigenvalue weighted by Crippen LogP contribution is -2.42. The van der Waals surface area contributed by atoms with Crippen LogP contribution >= 0.6 is 11.3 Å². The van der Waals surface area contributed by atoms with Gasteiger partial charge in [-0.25, -0.2) is 4.98 Å². The third-order valence-corrected chi connectivity index (χ3v) is 5.45. The van der Waals surface area contributed by atoms with Crippen molar-refractivity contribution in [1.29, 1.82) is 0 Å². The molecule has 1 aliphatic heterocycles. The number of nitrogens with one attached hydrogen (secondary N) is 1. The first-order valence-electron chi connectivity index (χ1n) is 7.94. The van der Waals surface area contributed by atoms with E-state index in [0.717, 1.165) is 18.5 Å². The van der Waals surface area contributed by atoms with E-state index in [1.165, 1.54) is 17.7 Å². The summed E-state index contributed by atoms with van der Waals surface area (Å²) in [6, 6.07) is 0. The van der Waals surface area contributed by atoms with E-state index in [1.54, 1.807) is 16.2 Å². The molecule has 120 valence electrons. The Labute approximate surface area is 135 Å². The molecule has 1 atom stereocenters. The highest BCUT2D eigenvalue weighted by Gasteiger charge is 2.39. The second-order valence-corrected chi connectivity index (χ2v) is 8.25. The Morgan fingerprint density at radius 1 is 1.32 bits per heavy atom. The molecule has 2 amide bonds. The van der Waals surface area contributed by atoms with Gasteiger partial charge in [0.05, 0.1) is 11.6 Å². The van der Waals surface area contributed by atoms with Gasteiger partial charge < -0.3 is 10.2 Å². The Bertz CT molecular complexity index is 580. The average molecular weight is 321 g/mol. The summed E-state index contributed by atoms with van der Waals surface area (Å²) >= 11 is 1.59. The molecule has 2 aliphatic rings. The zero-order chi connectivity index (χ0) is 15.9. The molecule has 1 aliphatic carbocycles. The minimum atomic E-state index is -0.271. The fraction of sp³-hybridized carbons (Fsp3) is 0.688. The summed E-state index contributed by atoms with van der Waals surface area (Å²) in [5, 5.41) is 3.62. The molecule has 6 heteroatoms. The third-order valence-electron chi connectivity index (χ3n) is 4.38. The molecular formula is C16H23N3O2S. The molecule has 0 aromatic carbocycles. The van der Waals surface area contributed by atoms with Crippen LogP contribution in [0.1, 0.15) is 50.6 Å². The van der Waals surface area contributed by atoms with Gasteiger partial charge in [-0.3, -0.25) is 9.59 Å². The molecule has 2 heterocycles. The number of anilines is 1. The van der Waals surface area contributed by atoms with Crippen LogP contribution in [-0.2, 0) is 22.4 Å². The first kappa shape index (κ1) is 15.5. The van der Waals surface area contributed by atoms with E-state index in [-0.39, 0.29) is 23.3 Å². The van der Waals surface area contributed by atoms with Gasteiger partial charge in [0.2, 0.25) is 11.8 Å². The molecule has 1 fully saturated rings. The molecule has 0 bridgehead atoms. The number of rotatable bonds is 2. The van der Waals surface area contributed by atoms with E-state index in [4.69, 9.17) is 0 Å². The molecule has 3 rings (SSSR count). The fourth-order valence-corrected chi connectivity index (χ4v) is 4.20. The van der Waals surface area contributed by atoms with Gasteiger partial charge in [-0.15, -0.1) is 11.3 Å². The van der Waals surface area contributed by atoms with Gasteiger partial charge in [-0.1, -0.05) is 0 Å². The van der Waals surface area contributed by atoms with Crippen molar-refractivity contribution in [1.82, 2.24) is 9.88 Å². The smallest absolute Gasteiger partial charge is 0.231 e. The number of carbonyl (C=O) groups excluding carboxylic acids is 2. The van der Waals surface area contributed by atoms with Gasteiger partial charge >= 0.3 is 0 Å². The van der Waals surface area contributed by atoms with Crippen LogP contribution in [0.5, 0.6) is 0 Å². The number of hydrogen-bond acceptors (Lipinski definition) is 4. The van der Waals surface area contributed by atoms with E-state index < -0.39 is 0 Å². The second-order valence-electron chi connectivity index (χ2n) is 7.16. The van der Waals surface area contributed by atoms with E-state index in [2.05, 4.69) is 10.3 Å². The van der Waals surface area contributed by atoms with Crippen LogP contribution in [-0.4, -0.2) is 33.8 Å². The van der Waals surface area contributed by atoms with E-state index >= 15 is 0 Å². The molecule has 0 radical (unpaired) electrons. The number of amides is 2. The number of nitrogens with zero attached hydrogens (tertiary/aromatic N) is 2. The van der Waals surface area contributed by atoms with Crippen LogP contribution in [0.3, 0.4) is 0 Å². The summed E-state index contributed by atoms with van der Waals surface area (Å²) < 4.78 is 0. The number of hydrogen-bond donors (Lipinski definition) is 1. The Morgan fingerprint density at radius 3 is 2.68 bits per heavy atom. The summed E-state index contributed by atoms with van der Waals surface area (Å²) in [7, 11) is 0. The highest BCUT2D eigenvalue weighted by molar-refractivity contribution is 7.15. The van der Waals surface area contributed by atoms with Crippen LogP contribution in [0.2, 0.25) is 0 Å². The highest BCUT2D eigenvalue weighted by Crippen LogP contribution is 2.31. The van der Waals surface area contributed by atoms with Gasteiger partial charge in [0.25, 0.3) is 0 Å². The van der Waals surface area contributed by atoms with Crippen molar-refractivity contribution in [2.45, 2.75) is 58.4 Å². The van der Waals surface area contributed by atoms with Crippen molar-refractivity contribution in [3.63, 3.8) is 0 Å². The van der Waals surface area contributed by atoms with Gasteiger partial charge in [0, 0.05) is 23.4 Å². The summed E-state index contributed by atoms with van der Waals surface area (Å²) in [5.74, 6) is -0.287. The lowest BCUT2D eigenvalue weighted by molar-refractivity contribution is -0.131. The Balaban J connectivity index is 1.65. The molecule has 1 aromatic heterocycles. The molecule has 0 spiro atoms. The highest BCUT2D eigenvalue weighted by atomic mass is 32.1. The molecule has 0 saturated carbocycles. The van der Waals surface area contributed by atoms with Gasteiger partial charge in [0.15, 0.2) is 5.13 Å². The summed E-state index contributed by atoms with van der Waals surface area (Å²) in [4.78, 5) is 32.1. The van der Waals surface area contributed by atoms with Gasteiger partial charge in [0.1, 0.15) is 0 Å². The maximum Gasteiger partial charge on any atom is 0.231 e. The topological polar surface area (TPSA) is 62.3 Å². The predicted octanol–water partition coefficient (Wildman–Crippen LogP) is 2.61. The Kier molecular flexibility index (Phi) is 3.97. The van der Waals surface area contributed by atoms with Crippen LogP contribution in [0.4, 0.5) is 5.13 Å². The Morgan fingerprint density at radius 2 is 2.05 bits per heavy atom. The van der Waals surface area contributed by atoms with Crippen LogP contribution in [0.25, 0.3) is 0 Å². The molecular weight excluding hydrogens is 298 g/mol. The van der Waals surface area contributed by atoms with Crippen LogP contribution < -0.4 is 5.32 Å². The van der Waals surface area contributed by atoms with Gasteiger partial charge in [-0.05, 0) is 46.5 Å². The summed E-state index contributed by atoms with van der Waals surface area (Å²) in [5.41, 5.74) is 0.914. The molecule has 1 aromatic rings. The predicted molar refractivity (Wildman–Crippen MR) is 87.0 cm³/mol. The molecule has 0 unspecified atom stereocenters. The number of carbonyl (C=O) groups is 2. The molecule has 1 N–H and O–H groups in total. The number of aryl methyl sites for hydroxylation is 2. The van der Waals surface area contributed by atoms with E-state index in [1.807, 2.05) is 20.8 Å². The molecule has 5 nitrogen and oxygen atoms in total. The normalized spacial score (nSPS) is 21.9. The standard InChI is InChI=1S/C16H23N3O2S/c1-16(2,3)19-9-10(8-13(19)20)14(21)18-15-17-11-6-4-5-7-12(11)22-15/h10H,4-9H2,1-3H3,(H,17,18,21)/t10-/m0/s1. The van der Waals surface area contributed by atoms with Crippen molar-refractivity contribution < 1.29 is 9.59 Å². The molecule has 22 heavy (non-hydrogen) atoms. The molecule has 1 saturated heterocycles. The minimum Gasteiger partial charge on any atom is -0.337 e. The zero-order valence-electron chi connectivity index (χ0n) is 13.4. The maximum atomic E-state index is 12.4. The van der Waals surface area contributed by atoms with Crippen molar-refractivity contribution in [2.75, 3.05) is 11.9 Å². The number of thiazole rings is 1. The minimum absolute atomic E-state index is 0.0612. The SMILES string of the molecule is CC(C)(C)N1C[C@@H](C(=O)Nc2nc3c(s2)CCCC3)CC1=O.